The summed E-state index contributed by atoms with van der Waals surface area (Å²) >= 11 is 5.86. The number of hydrogen-bond donors (Lipinski definition) is 0. The molecule has 19 heavy (non-hydrogen) atoms. The lowest BCUT2D eigenvalue weighted by Crippen LogP contribution is -1.95. The first-order valence-electron chi connectivity index (χ1n) is 6.71. The van der Waals surface area contributed by atoms with Crippen molar-refractivity contribution >= 4 is 11.6 Å². The van der Waals surface area contributed by atoms with Gasteiger partial charge in [-0.15, -0.1) is 11.6 Å². The Bertz CT molecular complexity index is 505. The summed E-state index contributed by atoms with van der Waals surface area (Å²) in [6, 6.07) is 16.5. The van der Waals surface area contributed by atoms with Crippen LogP contribution in [-0.2, 0) is 5.88 Å². The molecule has 0 spiro atoms. The topological polar surface area (TPSA) is 9.23 Å². The number of hydrogen-bond acceptors (Lipinski definition) is 1. The second-order valence-corrected chi connectivity index (χ2v) is 4.83. The summed E-state index contributed by atoms with van der Waals surface area (Å²) in [5, 5.41) is 0. The fourth-order valence-corrected chi connectivity index (χ4v) is 2.08. The normalized spacial score (nSPS) is 10.4. The van der Waals surface area contributed by atoms with E-state index in [9.17, 15) is 0 Å². The highest BCUT2D eigenvalue weighted by molar-refractivity contribution is 6.17. The molecule has 2 aromatic carbocycles. The minimum absolute atomic E-state index is 0.548. The van der Waals surface area contributed by atoms with Gasteiger partial charge in [-0.1, -0.05) is 43.7 Å². The van der Waals surface area contributed by atoms with Gasteiger partial charge in [0.15, 0.2) is 0 Å². The van der Waals surface area contributed by atoms with Crippen LogP contribution in [0.15, 0.2) is 48.5 Å². The van der Waals surface area contributed by atoms with Gasteiger partial charge < -0.3 is 4.74 Å². The van der Waals surface area contributed by atoms with E-state index in [1.165, 1.54) is 11.1 Å². The molecular weight excluding hydrogens is 256 g/mol. The maximum atomic E-state index is 5.86. The Morgan fingerprint density at radius 3 is 2.47 bits per heavy atom. The number of ether oxygens (including phenoxy) is 1. The Morgan fingerprint density at radius 2 is 1.79 bits per heavy atom. The standard InChI is InChI=1S/C17H19ClO/c1-2-3-11-19-17-9-7-15(8-10-17)16-6-4-5-14(12-16)13-18/h4-10,12H,2-3,11,13H2,1H3. The van der Waals surface area contributed by atoms with Crippen molar-refractivity contribution in [3.05, 3.63) is 54.1 Å². The lowest BCUT2D eigenvalue weighted by atomic mass is 10.0. The molecule has 100 valence electrons. The maximum Gasteiger partial charge on any atom is 0.119 e. The van der Waals surface area contributed by atoms with Crippen LogP contribution < -0.4 is 4.74 Å². The summed E-state index contributed by atoms with van der Waals surface area (Å²) in [5.41, 5.74) is 3.52. The van der Waals surface area contributed by atoms with Crippen LogP contribution in [0.4, 0.5) is 0 Å². The summed E-state index contributed by atoms with van der Waals surface area (Å²) in [5.74, 6) is 1.48. The van der Waals surface area contributed by atoms with E-state index < -0.39 is 0 Å². The molecule has 2 heteroatoms. The number of unbranched alkanes of at least 4 members (excludes halogenated alkanes) is 1. The fourth-order valence-electron chi connectivity index (χ4n) is 1.91. The average Bonchev–Trinajstić information content (AvgIpc) is 2.48. The first-order valence-corrected chi connectivity index (χ1v) is 7.25. The van der Waals surface area contributed by atoms with Gasteiger partial charge in [0.25, 0.3) is 0 Å². The minimum atomic E-state index is 0.548. The van der Waals surface area contributed by atoms with E-state index in [-0.39, 0.29) is 0 Å². The van der Waals surface area contributed by atoms with E-state index in [1.807, 2.05) is 24.3 Å². The summed E-state index contributed by atoms with van der Waals surface area (Å²) < 4.78 is 5.66. The molecule has 0 radical (unpaired) electrons. The smallest absolute Gasteiger partial charge is 0.119 e. The molecule has 0 N–H and O–H groups in total. The third-order valence-corrected chi connectivity index (χ3v) is 3.34. The zero-order chi connectivity index (χ0) is 13.5. The third kappa shape index (κ3) is 4.00. The van der Waals surface area contributed by atoms with Crippen LogP contribution in [0.5, 0.6) is 5.75 Å². The van der Waals surface area contributed by atoms with Gasteiger partial charge in [0.05, 0.1) is 6.61 Å². The largest absolute Gasteiger partial charge is 0.494 e. The van der Waals surface area contributed by atoms with Crippen LogP contribution in [0.2, 0.25) is 0 Å². The van der Waals surface area contributed by atoms with Crippen molar-refractivity contribution in [3.8, 4) is 16.9 Å². The number of benzene rings is 2. The van der Waals surface area contributed by atoms with E-state index in [2.05, 4.69) is 31.2 Å². The molecule has 0 bridgehead atoms. The molecule has 0 saturated carbocycles. The van der Waals surface area contributed by atoms with Crippen LogP contribution in [0.3, 0.4) is 0 Å². The fraction of sp³-hybridized carbons (Fsp3) is 0.294. The van der Waals surface area contributed by atoms with Crippen molar-refractivity contribution in [3.63, 3.8) is 0 Å². The van der Waals surface area contributed by atoms with E-state index >= 15 is 0 Å². The predicted molar refractivity (Wildman–Crippen MR) is 81.8 cm³/mol. The summed E-state index contributed by atoms with van der Waals surface area (Å²) in [7, 11) is 0. The molecule has 0 fully saturated rings. The van der Waals surface area contributed by atoms with Crippen LogP contribution in [-0.4, -0.2) is 6.61 Å². The summed E-state index contributed by atoms with van der Waals surface area (Å²) in [6.07, 6.45) is 2.25. The maximum absolute atomic E-state index is 5.86. The Labute approximate surface area is 120 Å². The zero-order valence-electron chi connectivity index (χ0n) is 11.2. The molecule has 0 saturated heterocycles. The molecule has 0 aromatic heterocycles. The van der Waals surface area contributed by atoms with Crippen LogP contribution >= 0.6 is 11.6 Å². The van der Waals surface area contributed by atoms with Crippen molar-refractivity contribution < 1.29 is 4.74 Å². The summed E-state index contributed by atoms with van der Waals surface area (Å²) in [6.45, 7) is 2.95. The Hall–Kier alpha value is -1.47. The average molecular weight is 275 g/mol. The molecule has 0 aliphatic carbocycles. The van der Waals surface area contributed by atoms with Crippen molar-refractivity contribution in [1.29, 1.82) is 0 Å². The summed E-state index contributed by atoms with van der Waals surface area (Å²) in [4.78, 5) is 0. The molecule has 0 atom stereocenters. The highest BCUT2D eigenvalue weighted by atomic mass is 35.5. The molecule has 0 aliphatic heterocycles. The number of halogens is 1. The molecular formula is C17H19ClO. The Kier molecular flexibility index (Phi) is 5.29. The van der Waals surface area contributed by atoms with Gasteiger partial charge in [0.1, 0.15) is 5.75 Å². The quantitative estimate of drug-likeness (QED) is 0.515. The molecule has 2 rings (SSSR count). The lowest BCUT2D eigenvalue weighted by molar-refractivity contribution is 0.309. The van der Waals surface area contributed by atoms with Gasteiger partial charge in [0, 0.05) is 5.88 Å². The molecule has 0 unspecified atom stereocenters. The van der Waals surface area contributed by atoms with Gasteiger partial charge in [-0.25, -0.2) is 0 Å². The van der Waals surface area contributed by atoms with Crippen molar-refractivity contribution in [2.75, 3.05) is 6.61 Å². The second-order valence-electron chi connectivity index (χ2n) is 4.56. The number of alkyl halides is 1. The van der Waals surface area contributed by atoms with E-state index in [4.69, 9.17) is 16.3 Å². The van der Waals surface area contributed by atoms with Gasteiger partial charge in [-0.2, -0.15) is 0 Å². The van der Waals surface area contributed by atoms with Crippen molar-refractivity contribution in [1.82, 2.24) is 0 Å². The molecule has 0 aliphatic rings. The Balaban J connectivity index is 2.08. The predicted octanol–water partition coefficient (Wildman–Crippen LogP) is 5.27. The lowest BCUT2D eigenvalue weighted by Gasteiger charge is -2.07. The zero-order valence-corrected chi connectivity index (χ0v) is 12.0. The molecule has 1 nitrogen and oxygen atoms in total. The van der Waals surface area contributed by atoms with Gasteiger partial charge in [0.2, 0.25) is 0 Å². The first-order chi connectivity index (χ1) is 9.33. The van der Waals surface area contributed by atoms with Crippen molar-refractivity contribution in [2.24, 2.45) is 0 Å². The van der Waals surface area contributed by atoms with E-state index in [1.54, 1.807) is 0 Å². The van der Waals surface area contributed by atoms with Crippen LogP contribution in [0, 0.1) is 0 Å². The molecule has 2 aromatic rings. The third-order valence-electron chi connectivity index (χ3n) is 3.04. The van der Waals surface area contributed by atoms with Gasteiger partial charge in [-0.05, 0) is 41.3 Å². The monoisotopic (exact) mass is 274 g/mol. The van der Waals surface area contributed by atoms with Gasteiger partial charge in [-0.3, -0.25) is 0 Å². The molecule has 0 amide bonds. The SMILES string of the molecule is CCCCOc1ccc(-c2cccc(CCl)c2)cc1. The van der Waals surface area contributed by atoms with E-state index in [0.29, 0.717) is 5.88 Å². The Morgan fingerprint density at radius 1 is 1.00 bits per heavy atom. The highest BCUT2D eigenvalue weighted by Crippen LogP contribution is 2.23. The highest BCUT2D eigenvalue weighted by Gasteiger charge is 2.00. The van der Waals surface area contributed by atoms with Gasteiger partial charge >= 0.3 is 0 Å². The minimum Gasteiger partial charge on any atom is -0.494 e. The second kappa shape index (κ2) is 7.20. The first kappa shape index (κ1) is 14.0. The number of rotatable bonds is 6. The van der Waals surface area contributed by atoms with Crippen LogP contribution in [0.1, 0.15) is 25.3 Å². The van der Waals surface area contributed by atoms with E-state index in [0.717, 1.165) is 30.8 Å². The van der Waals surface area contributed by atoms with Crippen molar-refractivity contribution in [2.45, 2.75) is 25.6 Å². The van der Waals surface area contributed by atoms with Crippen LogP contribution in [0.25, 0.3) is 11.1 Å². The molecule has 0 heterocycles.